The zero-order valence-corrected chi connectivity index (χ0v) is 12.9. The number of nitrogens with zero attached hydrogens (tertiary/aromatic N) is 2. The van der Waals surface area contributed by atoms with Gasteiger partial charge in [0.15, 0.2) is 0 Å². The SMILES string of the molecule is CCOC(=O)C1CCCN(c2c(N)n(CC)c(=O)[nH]c2=O)C1. The summed E-state index contributed by atoms with van der Waals surface area (Å²) in [6, 6.07) is 0. The first-order chi connectivity index (χ1) is 10.5. The summed E-state index contributed by atoms with van der Waals surface area (Å²) in [6.07, 6.45) is 1.48. The Morgan fingerprint density at radius 2 is 2.14 bits per heavy atom. The third kappa shape index (κ3) is 3.00. The van der Waals surface area contributed by atoms with Gasteiger partial charge in [-0.2, -0.15) is 0 Å². The van der Waals surface area contributed by atoms with Crippen molar-refractivity contribution in [2.24, 2.45) is 5.92 Å². The van der Waals surface area contributed by atoms with E-state index in [-0.39, 0.29) is 23.4 Å². The molecule has 2 rings (SSSR count). The Bertz CT molecular complexity index is 664. The highest BCUT2D eigenvalue weighted by molar-refractivity contribution is 5.74. The first-order valence-corrected chi connectivity index (χ1v) is 7.53. The fraction of sp³-hybridized carbons (Fsp3) is 0.643. The van der Waals surface area contributed by atoms with Crippen molar-refractivity contribution in [2.75, 3.05) is 30.3 Å². The Labute approximate surface area is 127 Å². The van der Waals surface area contributed by atoms with E-state index in [4.69, 9.17) is 10.5 Å². The smallest absolute Gasteiger partial charge is 0.330 e. The minimum absolute atomic E-state index is 0.140. The number of esters is 1. The van der Waals surface area contributed by atoms with Gasteiger partial charge >= 0.3 is 11.7 Å². The molecule has 0 radical (unpaired) electrons. The van der Waals surface area contributed by atoms with Crippen molar-refractivity contribution in [2.45, 2.75) is 33.2 Å². The van der Waals surface area contributed by atoms with Crippen LogP contribution in [-0.4, -0.2) is 35.2 Å². The van der Waals surface area contributed by atoms with Crippen molar-refractivity contribution in [3.63, 3.8) is 0 Å². The summed E-state index contributed by atoms with van der Waals surface area (Å²) in [6.45, 7) is 5.22. The Kier molecular flexibility index (Phi) is 4.89. The molecule has 0 spiro atoms. The minimum atomic E-state index is -0.521. The van der Waals surface area contributed by atoms with Crippen LogP contribution in [0.1, 0.15) is 26.7 Å². The van der Waals surface area contributed by atoms with Gasteiger partial charge in [0, 0.05) is 19.6 Å². The van der Waals surface area contributed by atoms with Crippen LogP contribution in [0.4, 0.5) is 11.5 Å². The molecule has 0 bridgehead atoms. The number of ether oxygens (including phenoxy) is 1. The maximum absolute atomic E-state index is 12.1. The van der Waals surface area contributed by atoms with Crippen molar-refractivity contribution >= 4 is 17.5 Å². The molecular formula is C14H22N4O4. The van der Waals surface area contributed by atoms with E-state index in [1.807, 2.05) is 0 Å². The van der Waals surface area contributed by atoms with Crippen molar-refractivity contribution in [1.29, 1.82) is 0 Å². The van der Waals surface area contributed by atoms with Gasteiger partial charge in [-0.3, -0.25) is 19.1 Å². The van der Waals surface area contributed by atoms with E-state index in [2.05, 4.69) is 4.98 Å². The first-order valence-electron chi connectivity index (χ1n) is 7.53. The topological polar surface area (TPSA) is 110 Å². The third-order valence-corrected chi connectivity index (χ3v) is 3.89. The van der Waals surface area contributed by atoms with E-state index < -0.39 is 11.2 Å². The molecule has 0 aromatic carbocycles. The van der Waals surface area contributed by atoms with E-state index in [0.717, 1.165) is 12.8 Å². The van der Waals surface area contributed by atoms with Crippen LogP contribution in [0.2, 0.25) is 0 Å². The van der Waals surface area contributed by atoms with E-state index in [9.17, 15) is 14.4 Å². The molecule has 1 saturated heterocycles. The third-order valence-electron chi connectivity index (χ3n) is 3.89. The second-order valence-corrected chi connectivity index (χ2v) is 5.27. The van der Waals surface area contributed by atoms with Crippen LogP contribution in [0, 0.1) is 5.92 Å². The molecule has 3 N–H and O–H groups in total. The molecule has 1 unspecified atom stereocenters. The number of nitrogens with two attached hydrogens (primary N) is 1. The van der Waals surface area contributed by atoms with E-state index in [1.165, 1.54) is 4.57 Å². The number of carbonyl (C=O) groups is 1. The van der Waals surface area contributed by atoms with Crippen LogP contribution in [0.3, 0.4) is 0 Å². The highest BCUT2D eigenvalue weighted by Gasteiger charge is 2.29. The van der Waals surface area contributed by atoms with Gasteiger partial charge in [0.05, 0.1) is 12.5 Å². The predicted molar refractivity (Wildman–Crippen MR) is 83.0 cm³/mol. The number of aromatic nitrogens is 2. The molecule has 0 amide bonds. The monoisotopic (exact) mass is 310 g/mol. The number of aromatic amines is 1. The van der Waals surface area contributed by atoms with Crippen molar-refractivity contribution < 1.29 is 9.53 Å². The second kappa shape index (κ2) is 6.67. The summed E-state index contributed by atoms with van der Waals surface area (Å²) in [7, 11) is 0. The summed E-state index contributed by atoms with van der Waals surface area (Å²) >= 11 is 0. The Hall–Kier alpha value is -2.25. The van der Waals surface area contributed by atoms with Crippen LogP contribution in [-0.2, 0) is 16.1 Å². The lowest BCUT2D eigenvalue weighted by atomic mass is 9.98. The lowest BCUT2D eigenvalue weighted by Gasteiger charge is -2.33. The van der Waals surface area contributed by atoms with E-state index in [1.54, 1.807) is 18.7 Å². The summed E-state index contributed by atoms with van der Waals surface area (Å²) < 4.78 is 6.36. The highest BCUT2D eigenvalue weighted by Crippen LogP contribution is 2.24. The lowest BCUT2D eigenvalue weighted by molar-refractivity contribution is -0.148. The molecule has 2 heterocycles. The molecule has 1 aliphatic heterocycles. The molecule has 0 aliphatic carbocycles. The van der Waals surface area contributed by atoms with Crippen LogP contribution in [0.5, 0.6) is 0 Å². The normalized spacial score (nSPS) is 18.3. The van der Waals surface area contributed by atoms with Crippen LogP contribution in [0.15, 0.2) is 9.59 Å². The van der Waals surface area contributed by atoms with Gasteiger partial charge in [-0.15, -0.1) is 0 Å². The molecular weight excluding hydrogens is 288 g/mol. The summed E-state index contributed by atoms with van der Waals surface area (Å²) in [5, 5.41) is 0. The number of anilines is 2. The number of carbonyl (C=O) groups excluding carboxylic acids is 1. The highest BCUT2D eigenvalue weighted by atomic mass is 16.5. The predicted octanol–water partition coefficient (Wildman–Crippen LogP) is -0.0818. The number of nitrogens with one attached hydrogen (secondary N) is 1. The molecule has 8 nitrogen and oxygen atoms in total. The maximum atomic E-state index is 12.1. The molecule has 22 heavy (non-hydrogen) atoms. The van der Waals surface area contributed by atoms with Crippen molar-refractivity contribution in [1.82, 2.24) is 9.55 Å². The first kappa shape index (κ1) is 16.1. The lowest BCUT2D eigenvalue weighted by Crippen LogP contribution is -2.44. The Morgan fingerprint density at radius 1 is 1.41 bits per heavy atom. The quantitative estimate of drug-likeness (QED) is 0.753. The molecule has 8 heteroatoms. The number of hydrogen-bond acceptors (Lipinski definition) is 6. The van der Waals surface area contributed by atoms with Gasteiger partial charge < -0.3 is 15.4 Å². The fourth-order valence-electron chi connectivity index (χ4n) is 2.83. The molecule has 1 fully saturated rings. The molecule has 0 saturated carbocycles. The van der Waals surface area contributed by atoms with Crippen molar-refractivity contribution in [3.05, 3.63) is 20.8 Å². The van der Waals surface area contributed by atoms with Crippen molar-refractivity contribution in [3.8, 4) is 0 Å². The summed E-state index contributed by atoms with van der Waals surface area (Å²) in [4.78, 5) is 39.8. The van der Waals surface area contributed by atoms with Crippen LogP contribution < -0.4 is 21.9 Å². The summed E-state index contributed by atoms with van der Waals surface area (Å²) in [5.74, 6) is -0.402. The summed E-state index contributed by atoms with van der Waals surface area (Å²) in [5.41, 5.74) is 5.21. The largest absolute Gasteiger partial charge is 0.466 e. The Morgan fingerprint density at radius 3 is 2.77 bits per heavy atom. The van der Waals surface area contributed by atoms with Gasteiger partial charge in [0.25, 0.3) is 5.56 Å². The van der Waals surface area contributed by atoms with Gasteiger partial charge in [0.1, 0.15) is 11.5 Å². The number of H-pyrrole nitrogens is 1. The molecule has 1 atom stereocenters. The maximum Gasteiger partial charge on any atom is 0.330 e. The second-order valence-electron chi connectivity index (χ2n) is 5.27. The van der Waals surface area contributed by atoms with Gasteiger partial charge in [-0.1, -0.05) is 0 Å². The average molecular weight is 310 g/mol. The Balaban J connectivity index is 2.34. The van der Waals surface area contributed by atoms with Gasteiger partial charge in [-0.25, -0.2) is 4.79 Å². The number of nitrogen functional groups attached to an aromatic ring is 1. The zero-order valence-electron chi connectivity index (χ0n) is 12.9. The number of piperidine rings is 1. The van der Waals surface area contributed by atoms with E-state index in [0.29, 0.717) is 26.2 Å². The van der Waals surface area contributed by atoms with Gasteiger partial charge in [0.2, 0.25) is 0 Å². The standard InChI is InChI=1S/C14H22N4O4/c1-3-18-11(15)10(12(19)16-14(18)21)17-7-5-6-9(8-17)13(20)22-4-2/h9H,3-8,15H2,1-2H3,(H,16,19,21). The fourth-order valence-corrected chi connectivity index (χ4v) is 2.83. The molecule has 1 aromatic rings. The molecule has 122 valence electrons. The molecule has 1 aliphatic rings. The number of rotatable bonds is 4. The van der Waals surface area contributed by atoms with E-state index >= 15 is 0 Å². The van der Waals surface area contributed by atoms with Crippen LogP contribution >= 0.6 is 0 Å². The minimum Gasteiger partial charge on any atom is -0.466 e. The zero-order chi connectivity index (χ0) is 16.3. The molecule has 1 aromatic heterocycles. The van der Waals surface area contributed by atoms with Gasteiger partial charge in [-0.05, 0) is 26.7 Å². The average Bonchev–Trinajstić information content (AvgIpc) is 2.47. The number of hydrogen-bond donors (Lipinski definition) is 2. The van der Waals surface area contributed by atoms with Crippen LogP contribution in [0.25, 0.3) is 0 Å².